The zero-order chi connectivity index (χ0) is 37.7. The predicted octanol–water partition coefficient (Wildman–Crippen LogP) is 7.52. The Morgan fingerprint density at radius 2 is 1.39 bits per heavy atom. The van der Waals surface area contributed by atoms with E-state index in [-0.39, 0.29) is 10.7 Å². The van der Waals surface area contributed by atoms with Crippen molar-refractivity contribution in [3.8, 4) is 22.5 Å². The van der Waals surface area contributed by atoms with Gasteiger partial charge in [0.1, 0.15) is 17.5 Å². The maximum Gasteiger partial charge on any atom is 0.238 e. The molecule has 0 saturated heterocycles. The average molecular weight is 806 g/mol. The Kier molecular flexibility index (Phi) is 10.7. The minimum atomic E-state index is -3.74. The number of benzene rings is 3. The van der Waals surface area contributed by atoms with Gasteiger partial charge < -0.3 is 10.6 Å². The summed E-state index contributed by atoms with van der Waals surface area (Å²) in [6.07, 6.45) is 8.05. The fraction of sp³-hybridized carbons (Fsp3) is 0.103. The second-order valence-electron chi connectivity index (χ2n) is 12.1. The van der Waals surface area contributed by atoms with Crippen LogP contribution >= 0.6 is 15.9 Å². The van der Waals surface area contributed by atoms with E-state index in [9.17, 15) is 12.8 Å². The zero-order valence-electron chi connectivity index (χ0n) is 28.9. The van der Waals surface area contributed by atoms with E-state index in [0.717, 1.165) is 45.8 Å². The van der Waals surface area contributed by atoms with Crippen LogP contribution in [0.4, 0.5) is 16.0 Å². The van der Waals surface area contributed by atoms with E-state index < -0.39 is 10.0 Å². The van der Waals surface area contributed by atoms with Crippen LogP contribution in [0.25, 0.3) is 33.8 Å². The van der Waals surface area contributed by atoms with E-state index in [1.807, 2.05) is 47.2 Å². The molecule has 0 spiro atoms. The zero-order valence-corrected chi connectivity index (χ0v) is 31.3. The molecule has 8 aromatic rings. The van der Waals surface area contributed by atoms with Crippen LogP contribution in [0.1, 0.15) is 23.6 Å². The molecule has 0 saturated carbocycles. The molecule has 3 aromatic carbocycles. The van der Waals surface area contributed by atoms with E-state index in [2.05, 4.69) is 71.9 Å². The molecule has 0 bridgehead atoms. The monoisotopic (exact) mass is 804 g/mol. The highest BCUT2D eigenvalue weighted by Crippen LogP contribution is 2.28. The van der Waals surface area contributed by atoms with Crippen LogP contribution in [0.3, 0.4) is 0 Å². The predicted molar refractivity (Wildman–Crippen MR) is 211 cm³/mol. The number of nitrogens with two attached hydrogens (primary N) is 1. The summed E-state index contributed by atoms with van der Waals surface area (Å²) in [5.74, 6) is 1.16. The number of hydrogen-bond donors (Lipinski definition) is 3. The number of nitrogens with zero attached hydrogens (tertiary/aromatic N) is 7. The van der Waals surface area contributed by atoms with Gasteiger partial charge in [-0.3, -0.25) is 4.98 Å². The van der Waals surface area contributed by atoms with Crippen LogP contribution in [-0.2, 0) is 29.5 Å². The summed E-state index contributed by atoms with van der Waals surface area (Å²) in [5.41, 5.74) is 7.41. The Morgan fingerprint density at radius 3 is 2.07 bits per heavy atom. The minimum Gasteiger partial charge on any atom is -0.366 e. The number of fused-ring (bicyclic) bond motifs is 2. The molecular formula is C39H34BrFN10O2S. The highest BCUT2D eigenvalue weighted by Gasteiger charge is 2.15. The Morgan fingerprint density at radius 1 is 0.741 bits per heavy atom. The van der Waals surface area contributed by atoms with Crippen molar-refractivity contribution in [2.45, 2.75) is 31.3 Å². The maximum absolute atomic E-state index is 14.3. The number of halogens is 2. The molecule has 54 heavy (non-hydrogen) atoms. The summed E-state index contributed by atoms with van der Waals surface area (Å²) >= 11 is 3.41. The van der Waals surface area contributed by atoms with Crippen LogP contribution in [0, 0.1) is 5.82 Å². The van der Waals surface area contributed by atoms with Gasteiger partial charge in [-0.2, -0.15) is 19.2 Å². The molecule has 0 atom stereocenters. The van der Waals surface area contributed by atoms with Crippen molar-refractivity contribution in [3.63, 3.8) is 0 Å². The molecule has 0 aliphatic heterocycles. The molecule has 12 nitrogen and oxygen atoms in total. The van der Waals surface area contributed by atoms with Crippen molar-refractivity contribution in [1.29, 1.82) is 0 Å². The Bertz CT molecular complexity index is 2650. The van der Waals surface area contributed by atoms with Crippen LogP contribution < -0.4 is 15.8 Å². The molecule has 5 aromatic heterocycles. The van der Waals surface area contributed by atoms with Gasteiger partial charge >= 0.3 is 0 Å². The number of aromatic nitrogens is 7. The van der Waals surface area contributed by atoms with Gasteiger partial charge in [-0.15, -0.1) is 0 Å². The molecule has 0 aliphatic carbocycles. The SMILES string of the molecule is CCc1cnn2c(NCc3cccnc3)cc(-c3ccccc3)nc12.NS(=O)(=O)c1ccc(CNc2cc(-c3ccccc3F)nc3c(Br)cnn23)cc1. The average Bonchev–Trinajstić information content (AvgIpc) is 3.80. The summed E-state index contributed by atoms with van der Waals surface area (Å²) in [6, 6.07) is 30.6. The largest absolute Gasteiger partial charge is 0.366 e. The molecule has 0 aliphatic rings. The smallest absolute Gasteiger partial charge is 0.238 e. The van der Waals surface area contributed by atoms with Gasteiger partial charge in [0.15, 0.2) is 11.3 Å². The van der Waals surface area contributed by atoms with E-state index in [0.29, 0.717) is 40.3 Å². The number of hydrogen-bond acceptors (Lipinski definition) is 9. The van der Waals surface area contributed by atoms with Crippen LogP contribution in [0.2, 0.25) is 0 Å². The summed E-state index contributed by atoms with van der Waals surface area (Å²) in [6.45, 7) is 3.19. The molecule has 0 radical (unpaired) electrons. The normalized spacial score (nSPS) is 11.3. The lowest BCUT2D eigenvalue weighted by molar-refractivity contribution is 0.597. The van der Waals surface area contributed by atoms with Gasteiger partial charge in [0.25, 0.3) is 0 Å². The summed E-state index contributed by atoms with van der Waals surface area (Å²) in [7, 11) is -3.74. The van der Waals surface area contributed by atoms with Crippen molar-refractivity contribution in [2.75, 3.05) is 10.6 Å². The van der Waals surface area contributed by atoms with Crippen LogP contribution in [0.15, 0.2) is 137 Å². The van der Waals surface area contributed by atoms with Crippen molar-refractivity contribution in [3.05, 3.63) is 155 Å². The molecule has 15 heteroatoms. The number of rotatable bonds is 10. The summed E-state index contributed by atoms with van der Waals surface area (Å²) < 4.78 is 41.2. The topological polar surface area (TPSA) is 157 Å². The van der Waals surface area contributed by atoms with Gasteiger partial charge in [-0.25, -0.2) is 27.9 Å². The second-order valence-corrected chi connectivity index (χ2v) is 14.6. The van der Waals surface area contributed by atoms with E-state index in [1.54, 1.807) is 53.3 Å². The molecule has 5 heterocycles. The summed E-state index contributed by atoms with van der Waals surface area (Å²) in [4.78, 5) is 13.6. The first-order valence-corrected chi connectivity index (χ1v) is 19.2. The quantitative estimate of drug-likeness (QED) is 0.127. The second kappa shape index (κ2) is 15.9. The van der Waals surface area contributed by atoms with Crippen molar-refractivity contribution < 1.29 is 12.8 Å². The van der Waals surface area contributed by atoms with Crippen molar-refractivity contribution in [2.24, 2.45) is 5.14 Å². The number of pyridine rings is 1. The molecule has 0 fully saturated rings. The number of aryl methyl sites for hydroxylation is 1. The number of sulfonamides is 1. The fourth-order valence-corrected chi connectivity index (χ4v) is 6.56. The van der Waals surface area contributed by atoms with Crippen molar-refractivity contribution in [1.82, 2.24) is 34.2 Å². The van der Waals surface area contributed by atoms with E-state index >= 15 is 0 Å². The van der Waals surface area contributed by atoms with E-state index in [4.69, 9.17) is 10.1 Å². The third-order valence-electron chi connectivity index (χ3n) is 8.50. The van der Waals surface area contributed by atoms with Gasteiger partial charge in [0, 0.05) is 54.3 Å². The van der Waals surface area contributed by atoms with Gasteiger partial charge in [-0.1, -0.05) is 67.6 Å². The van der Waals surface area contributed by atoms with Gasteiger partial charge in [-0.05, 0) is 63.8 Å². The van der Waals surface area contributed by atoms with Crippen LogP contribution in [0.5, 0.6) is 0 Å². The standard InChI is InChI=1S/C20H19N5.C19H15BrFN5O2S/c1-2-16-14-23-25-19(22-13-15-7-6-10-21-12-15)11-18(24-20(16)25)17-8-4-3-5-9-17;20-15-11-24-26-18(23-10-12-5-7-13(8-6-12)29(22,27)28)9-17(25-19(15)26)14-3-1-2-4-16(14)21/h3-12,14,22H,2,13H2,1H3;1-9,11,23H,10H2,(H2,22,27,28). The Balaban J connectivity index is 0.000000168. The summed E-state index contributed by atoms with van der Waals surface area (Å²) in [5, 5.41) is 20.6. The Labute approximate surface area is 319 Å². The van der Waals surface area contributed by atoms with Crippen molar-refractivity contribution >= 4 is 48.9 Å². The molecule has 0 unspecified atom stereocenters. The fourth-order valence-electron chi connectivity index (χ4n) is 5.69. The highest BCUT2D eigenvalue weighted by molar-refractivity contribution is 9.10. The third kappa shape index (κ3) is 8.12. The maximum atomic E-state index is 14.3. The number of anilines is 2. The molecule has 8 rings (SSSR count). The lowest BCUT2D eigenvalue weighted by Gasteiger charge is -2.11. The molecule has 0 amide bonds. The molecular weight excluding hydrogens is 771 g/mol. The minimum absolute atomic E-state index is 0.0467. The van der Waals surface area contributed by atoms with Gasteiger partial charge in [0.2, 0.25) is 10.0 Å². The first-order chi connectivity index (χ1) is 26.2. The lowest BCUT2D eigenvalue weighted by atomic mass is 10.1. The van der Waals surface area contributed by atoms with E-state index in [1.165, 1.54) is 18.2 Å². The Hall–Kier alpha value is -6.03. The van der Waals surface area contributed by atoms with Crippen LogP contribution in [-0.4, -0.2) is 42.6 Å². The first kappa shape index (κ1) is 36.3. The number of primary sulfonamides is 1. The first-order valence-electron chi connectivity index (χ1n) is 16.9. The molecule has 272 valence electrons. The lowest BCUT2D eigenvalue weighted by Crippen LogP contribution is -2.12. The number of nitrogens with one attached hydrogen (secondary N) is 2. The highest BCUT2D eigenvalue weighted by atomic mass is 79.9. The van der Waals surface area contributed by atoms with Gasteiger partial charge in [0.05, 0.1) is 33.1 Å². The third-order valence-corrected chi connectivity index (χ3v) is 9.98. The molecule has 4 N–H and O–H groups in total.